The van der Waals surface area contributed by atoms with Crippen molar-refractivity contribution in [1.29, 1.82) is 0 Å². The number of hydrogen-bond donors (Lipinski definition) is 0. The zero-order chi connectivity index (χ0) is 18.1. The molecule has 134 valence electrons. The normalized spacial score (nSPS) is 17.5. The third-order valence-electron chi connectivity index (χ3n) is 4.55. The number of rotatable bonds is 4. The Morgan fingerprint density at radius 1 is 1.12 bits per heavy atom. The third-order valence-corrected chi connectivity index (χ3v) is 7.89. The molecule has 1 aromatic heterocycles. The first-order valence-corrected chi connectivity index (χ1v) is 11.2. The summed E-state index contributed by atoms with van der Waals surface area (Å²) in [5.74, 6) is 0.828. The molecule has 0 bridgehead atoms. The molecule has 0 N–H and O–H groups in total. The maximum absolute atomic E-state index is 12.5. The summed E-state index contributed by atoms with van der Waals surface area (Å²) >= 11 is 0. The first-order valence-electron chi connectivity index (χ1n) is 8.35. The van der Waals surface area contributed by atoms with Crippen molar-refractivity contribution < 1.29 is 8.42 Å². The Labute approximate surface area is 153 Å². The summed E-state index contributed by atoms with van der Waals surface area (Å²) in [6, 6.07) is 8.41. The molecule has 2 heterocycles. The Hall–Kier alpha value is -1.60. The Morgan fingerprint density at radius 2 is 1.76 bits per heavy atom. The van der Waals surface area contributed by atoms with E-state index in [0.29, 0.717) is 16.1 Å². The minimum absolute atomic E-state index is 0.281. The van der Waals surface area contributed by atoms with Crippen LogP contribution in [0.4, 0.5) is 5.82 Å². The van der Waals surface area contributed by atoms with Gasteiger partial charge in [-0.15, -0.1) is 0 Å². The molecule has 3 rings (SSSR count). The van der Waals surface area contributed by atoms with Gasteiger partial charge in [0.15, 0.2) is 0 Å². The van der Waals surface area contributed by atoms with Crippen molar-refractivity contribution in [3.63, 3.8) is 0 Å². The molecule has 0 atom stereocenters. The number of hydrogen-bond acceptors (Lipinski definition) is 6. The number of anilines is 1. The first-order chi connectivity index (χ1) is 11.8. The van der Waals surface area contributed by atoms with E-state index in [9.17, 15) is 8.42 Å². The molecule has 1 saturated heterocycles. The van der Waals surface area contributed by atoms with E-state index >= 15 is 0 Å². The Balaban J connectivity index is 1.77. The lowest BCUT2D eigenvalue weighted by atomic mass is 9.83. The summed E-state index contributed by atoms with van der Waals surface area (Å²) < 4.78 is 25.0. The quantitative estimate of drug-likeness (QED) is 0.753. The van der Waals surface area contributed by atoms with Crippen molar-refractivity contribution in [3.8, 4) is 0 Å². The van der Waals surface area contributed by atoms with E-state index in [1.165, 1.54) is 0 Å². The molecule has 0 unspecified atom stereocenters. The second kappa shape index (κ2) is 6.96. The maximum atomic E-state index is 12.5. The Bertz CT molecular complexity index is 842. The minimum atomic E-state index is -3.49. The van der Waals surface area contributed by atoms with Crippen LogP contribution in [0.3, 0.4) is 0 Å². The molecule has 1 fully saturated rings. The molecular formula is C18H23N3O2S2. The van der Waals surface area contributed by atoms with E-state index in [4.69, 9.17) is 0 Å². The van der Waals surface area contributed by atoms with Crippen molar-refractivity contribution >= 4 is 25.5 Å². The van der Waals surface area contributed by atoms with Crippen LogP contribution in [-0.2, 0) is 8.87 Å². The lowest BCUT2D eigenvalue weighted by molar-refractivity contribution is 0.279. The average molecular weight is 378 g/mol. The molecule has 0 amide bonds. The van der Waals surface area contributed by atoms with Gasteiger partial charge in [-0.3, -0.25) is 0 Å². The van der Waals surface area contributed by atoms with E-state index in [0.717, 1.165) is 42.5 Å². The summed E-state index contributed by atoms with van der Waals surface area (Å²) in [5, 5.41) is 0.435. The monoisotopic (exact) mass is 377 g/mol. The van der Waals surface area contributed by atoms with Gasteiger partial charge in [0.25, 0.3) is 0 Å². The van der Waals surface area contributed by atoms with Crippen LogP contribution in [0.15, 0.2) is 46.5 Å². The lowest BCUT2D eigenvalue weighted by Gasteiger charge is -2.37. The van der Waals surface area contributed by atoms with Crippen LogP contribution < -0.4 is 4.90 Å². The fourth-order valence-electron chi connectivity index (χ4n) is 2.77. The van der Waals surface area contributed by atoms with Crippen molar-refractivity contribution in [2.45, 2.75) is 43.5 Å². The van der Waals surface area contributed by atoms with Gasteiger partial charge in [-0.1, -0.05) is 32.0 Å². The van der Waals surface area contributed by atoms with Gasteiger partial charge < -0.3 is 4.90 Å². The highest BCUT2D eigenvalue weighted by atomic mass is 33.1. The van der Waals surface area contributed by atoms with Gasteiger partial charge in [0.1, 0.15) is 10.8 Å². The Morgan fingerprint density at radius 3 is 2.36 bits per heavy atom. The van der Waals surface area contributed by atoms with Crippen molar-refractivity contribution in [2.75, 3.05) is 18.0 Å². The SMILES string of the molecule is Cc1nc(N2CCC(C)(C)CC2)cnc1SS(=O)(=O)c1ccccc1. The van der Waals surface area contributed by atoms with E-state index < -0.39 is 8.87 Å². The van der Waals surface area contributed by atoms with E-state index in [2.05, 4.69) is 28.7 Å². The van der Waals surface area contributed by atoms with Crippen LogP contribution in [-0.4, -0.2) is 31.5 Å². The van der Waals surface area contributed by atoms with Crippen LogP contribution in [0.25, 0.3) is 0 Å². The largest absolute Gasteiger partial charge is 0.355 e. The van der Waals surface area contributed by atoms with E-state index in [-0.39, 0.29) is 4.90 Å². The zero-order valence-electron chi connectivity index (χ0n) is 14.8. The van der Waals surface area contributed by atoms with E-state index in [1.807, 2.05) is 6.92 Å². The standard InChI is InChI=1S/C18H23N3O2S2/c1-14-17(24-25(22,23)15-7-5-4-6-8-15)19-13-16(20-14)21-11-9-18(2,3)10-12-21/h4-8,13H,9-12H2,1-3H3. The van der Waals surface area contributed by atoms with E-state index in [1.54, 1.807) is 36.5 Å². The molecule has 2 aromatic rings. The second-order valence-corrected chi connectivity index (χ2v) is 10.9. The first kappa shape index (κ1) is 18.2. The van der Waals surface area contributed by atoms with Crippen molar-refractivity contribution in [3.05, 3.63) is 42.2 Å². The number of benzene rings is 1. The molecule has 1 aliphatic heterocycles. The molecule has 5 nitrogen and oxygen atoms in total. The molecule has 0 aliphatic carbocycles. The zero-order valence-corrected chi connectivity index (χ0v) is 16.4. The predicted molar refractivity (Wildman–Crippen MR) is 101 cm³/mol. The van der Waals surface area contributed by atoms with Crippen LogP contribution in [0.5, 0.6) is 0 Å². The smallest absolute Gasteiger partial charge is 0.236 e. The molecule has 0 radical (unpaired) electrons. The predicted octanol–water partition coefficient (Wildman–Crippen LogP) is 3.89. The van der Waals surface area contributed by atoms with Crippen LogP contribution in [0.1, 0.15) is 32.4 Å². The fourth-order valence-corrected chi connectivity index (χ4v) is 5.57. The summed E-state index contributed by atoms with van der Waals surface area (Å²) in [6.45, 7) is 8.30. The van der Waals surface area contributed by atoms with Gasteiger partial charge in [0, 0.05) is 23.9 Å². The summed E-state index contributed by atoms with van der Waals surface area (Å²) in [5.41, 5.74) is 1.02. The molecule has 7 heteroatoms. The van der Waals surface area contributed by atoms with Gasteiger partial charge >= 0.3 is 0 Å². The van der Waals surface area contributed by atoms with Crippen LogP contribution in [0, 0.1) is 12.3 Å². The topological polar surface area (TPSA) is 63.2 Å². The molecule has 0 spiro atoms. The highest BCUT2D eigenvalue weighted by molar-refractivity contribution is 8.72. The molecular weight excluding hydrogens is 354 g/mol. The van der Waals surface area contributed by atoms with Crippen molar-refractivity contribution in [2.24, 2.45) is 5.41 Å². The summed E-state index contributed by atoms with van der Waals surface area (Å²) in [6.07, 6.45) is 3.92. The van der Waals surface area contributed by atoms with Gasteiger partial charge in [0.05, 0.1) is 16.8 Å². The van der Waals surface area contributed by atoms with Crippen LogP contribution in [0.2, 0.25) is 0 Å². The number of aryl methyl sites for hydroxylation is 1. The maximum Gasteiger partial charge on any atom is 0.236 e. The molecule has 0 saturated carbocycles. The molecule has 25 heavy (non-hydrogen) atoms. The van der Waals surface area contributed by atoms with Crippen molar-refractivity contribution in [1.82, 2.24) is 9.97 Å². The van der Waals surface area contributed by atoms with Gasteiger partial charge in [-0.05, 0) is 37.3 Å². The number of nitrogens with zero attached hydrogens (tertiary/aromatic N) is 3. The average Bonchev–Trinajstić information content (AvgIpc) is 2.57. The highest BCUT2D eigenvalue weighted by Gasteiger charge is 2.26. The number of aromatic nitrogens is 2. The van der Waals surface area contributed by atoms with Gasteiger partial charge in [0.2, 0.25) is 8.87 Å². The second-order valence-electron chi connectivity index (χ2n) is 7.12. The van der Waals surface area contributed by atoms with Gasteiger partial charge in [-0.2, -0.15) is 0 Å². The highest BCUT2D eigenvalue weighted by Crippen LogP contribution is 2.34. The summed E-state index contributed by atoms with van der Waals surface area (Å²) in [4.78, 5) is 11.5. The molecule has 1 aromatic carbocycles. The number of piperidine rings is 1. The Kier molecular flexibility index (Phi) is 5.06. The van der Waals surface area contributed by atoms with Gasteiger partial charge in [-0.25, -0.2) is 18.4 Å². The fraction of sp³-hybridized carbons (Fsp3) is 0.444. The van der Waals surface area contributed by atoms with Crippen LogP contribution >= 0.6 is 10.8 Å². The minimum Gasteiger partial charge on any atom is -0.355 e. The summed E-state index contributed by atoms with van der Waals surface area (Å²) in [7, 11) is -2.73. The third kappa shape index (κ3) is 4.33. The molecule has 1 aliphatic rings. The lowest BCUT2D eigenvalue weighted by Crippen LogP contribution is -2.37.